The number of hydrogen-bond donors (Lipinski definition) is 3. The fourth-order valence-corrected chi connectivity index (χ4v) is 5.61. The molecule has 2 atom stereocenters. The number of imidazole rings is 1. The highest BCUT2D eigenvalue weighted by atomic mass is 32.2. The van der Waals surface area contributed by atoms with Gasteiger partial charge in [0, 0.05) is 30.1 Å². The summed E-state index contributed by atoms with van der Waals surface area (Å²) >= 11 is 1.21. The molecule has 196 valence electrons. The number of carbonyl (C=O) groups is 2. The van der Waals surface area contributed by atoms with Crippen LogP contribution in [0.25, 0.3) is 11.0 Å². The highest BCUT2D eigenvalue weighted by Gasteiger charge is 2.44. The van der Waals surface area contributed by atoms with E-state index in [1.165, 1.54) is 23.9 Å². The number of fused-ring (bicyclic) bond motifs is 3. The zero-order valence-corrected chi connectivity index (χ0v) is 20.7. The van der Waals surface area contributed by atoms with Crippen molar-refractivity contribution in [2.75, 3.05) is 19.7 Å². The van der Waals surface area contributed by atoms with Crippen LogP contribution in [0.2, 0.25) is 0 Å². The molecule has 3 aromatic heterocycles. The standard InChI is InChI=1S/C25H21F2N5O5S/c1-2-35-23(34)22-21-12(8-29-22)19(20-15(30-21)9-28-10-16(20)33)17-5-6-18(37-17)38-25-31-13-4-3-11(36-24(26)27)7-14(13)32-25/h3-8,19-20,24,28-29H,2,9-10H2,1H3,(H,31,32). The van der Waals surface area contributed by atoms with Crippen LogP contribution in [-0.2, 0) is 9.53 Å². The van der Waals surface area contributed by atoms with Gasteiger partial charge in [0.05, 0.1) is 41.7 Å². The third-order valence-electron chi connectivity index (χ3n) is 6.36. The van der Waals surface area contributed by atoms with Crippen molar-refractivity contribution in [1.82, 2.24) is 20.3 Å². The van der Waals surface area contributed by atoms with Crippen molar-refractivity contribution >= 4 is 45.9 Å². The molecule has 1 aromatic carbocycles. The molecule has 2 unspecified atom stereocenters. The molecule has 5 heterocycles. The normalized spacial score (nSPS) is 18.8. The number of furan rings is 1. The molecule has 1 saturated heterocycles. The molecule has 2 aliphatic heterocycles. The zero-order valence-electron chi connectivity index (χ0n) is 19.9. The van der Waals surface area contributed by atoms with Gasteiger partial charge in [-0.05, 0) is 43.0 Å². The third-order valence-corrected chi connectivity index (χ3v) is 7.17. The molecule has 4 aromatic rings. The molecule has 3 N–H and O–H groups in total. The lowest BCUT2D eigenvalue weighted by atomic mass is 9.75. The van der Waals surface area contributed by atoms with Crippen LogP contribution in [0.15, 0.2) is 56.2 Å². The summed E-state index contributed by atoms with van der Waals surface area (Å²) in [5, 5.41) is 4.07. The fraction of sp³-hybridized carbons (Fsp3) is 0.280. The largest absolute Gasteiger partial charge is 0.461 e. The number of carbonyl (C=O) groups excluding carboxylic acids is 2. The van der Waals surface area contributed by atoms with Gasteiger partial charge in [0.2, 0.25) is 0 Å². The van der Waals surface area contributed by atoms with Crippen LogP contribution in [0.1, 0.15) is 34.7 Å². The van der Waals surface area contributed by atoms with Gasteiger partial charge in [-0.3, -0.25) is 9.79 Å². The Kier molecular flexibility index (Phi) is 6.24. The second-order valence-electron chi connectivity index (χ2n) is 8.67. The van der Waals surface area contributed by atoms with E-state index in [1.807, 2.05) is 0 Å². The summed E-state index contributed by atoms with van der Waals surface area (Å²) in [5.74, 6) is -0.982. The lowest BCUT2D eigenvalue weighted by Gasteiger charge is -2.33. The number of hydrogen-bond acceptors (Lipinski definition) is 9. The smallest absolute Gasteiger partial charge is 0.387 e. The van der Waals surface area contributed by atoms with Crippen molar-refractivity contribution in [3.63, 3.8) is 0 Å². The minimum Gasteiger partial charge on any atom is -0.461 e. The Balaban J connectivity index is 1.32. The number of benzene rings is 1. The summed E-state index contributed by atoms with van der Waals surface area (Å²) in [6.45, 7) is -0.350. The van der Waals surface area contributed by atoms with Crippen molar-refractivity contribution in [1.29, 1.82) is 0 Å². The van der Waals surface area contributed by atoms with E-state index in [0.717, 1.165) is 0 Å². The first-order valence-corrected chi connectivity index (χ1v) is 12.6. The summed E-state index contributed by atoms with van der Waals surface area (Å²) in [5.41, 5.74) is 3.11. The van der Waals surface area contributed by atoms with Crippen LogP contribution >= 0.6 is 11.8 Å². The first kappa shape index (κ1) is 24.4. The van der Waals surface area contributed by atoms with Crippen LogP contribution in [-0.4, -0.2) is 58.7 Å². The molecular formula is C25H21F2N5O5S. The Morgan fingerprint density at radius 2 is 2.11 bits per heavy atom. The first-order valence-electron chi connectivity index (χ1n) is 11.8. The SMILES string of the molecule is CCOC(=O)c1[nH]cc2c1N=C1CNCC(=O)C1C2c1ccc(Sc2nc3ccc(OC(F)F)cc3[nH]2)o1. The number of nitrogens with one attached hydrogen (secondary N) is 3. The number of esters is 1. The molecule has 38 heavy (non-hydrogen) atoms. The number of H-pyrrole nitrogens is 2. The van der Waals surface area contributed by atoms with E-state index >= 15 is 0 Å². The maximum Gasteiger partial charge on any atom is 0.387 e. The fourth-order valence-electron chi connectivity index (χ4n) is 4.84. The summed E-state index contributed by atoms with van der Waals surface area (Å²) < 4.78 is 40.9. The summed E-state index contributed by atoms with van der Waals surface area (Å²) in [4.78, 5) is 40.7. The van der Waals surface area contributed by atoms with E-state index in [2.05, 4.69) is 30.0 Å². The third kappa shape index (κ3) is 4.37. The average molecular weight is 542 g/mol. The van der Waals surface area contributed by atoms with Gasteiger partial charge in [-0.15, -0.1) is 0 Å². The maximum absolute atomic E-state index is 13.0. The molecule has 6 rings (SSSR count). The lowest BCUT2D eigenvalue weighted by Crippen LogP contribution is -2.48. The molecule has 0 aliphatic carbocycles. The van der Waals surface area contributed by atoms with E-state index in [-0.39, 0.29) is 30.4 Å². The second-order valence-corrected chi connectivity index (χ2v) is 9.67. The van der Waals surface area contributed by atoms with Crippen molar-refractivity contribution in [3.05, 3.63) is 53.5 Å². The van der Waals surface area contributed by atoms with Gasteiger partial charge >= 0.3 is 12.6 Å². The van der Waals surface area contributed by atoms with Gasteiger partial charge in [-0.2, -0.15) is 8.78 Å². The van der Waals surface area contributed by atoms with Crippen LogP contribution in [0.4, 0.5) is 14.5 Å². The highest BCUT2D eigenvalue weighted by molar-refractivity contribution is 7.99. The van der Waals surface area contributed by atoms with Gasteiger partial charge in [-0.1, -0.05) is 0 Å². The number of rotatable bonds is 7. The topological polar surface area (TPSA) is 135 Å². The second kappa shape index (κ2) is 9.72. The van der Waals surface area contributed by atoms with E-state index in [1.54, 1.807) is 31.3 Å². The minimum atomic E-state index is -2.92. The number of ketones is 1. The zero-order chi connectivity index (χ0) is 26.4. The van der Waals surface area contributed by atoms with E-state index in [9.17, 15) is 18.4 Å². The Morgan fingerprint density at radius 1 is 1.24 bits per heavy atom. The summed E-state index contributed by atoms with van der Waals surface area (Å²) in [6.07, 6.45) is 1.68. The maximum atomic E-state index is 13.0. The Hall–Kier alpha value is -3.97. The Morgan fingerprint density at radius 3 is 2.92 bits per heavy atom. The Labute approximate surface area is 218 Å². The van der Waals surface area contributed by atoms with Gasteiger partial charge in [0.15, 0.2) is 21.7 Å². The molecule has 13 heteroatoms. The minimum absolute atomic E-state index is 0.0192. The van der Waals surface area contributed by atoms with Gasteiger partial charge < -0.3 is 29.2 Å². The summed E-state index contributed by atoms with van der Waals surface area (Å²) in [7, 11) is 0. The van der Waals surface area contributed by atoms with Crippen LogP contribution in [0.5, 0.6) is 5.75 Å². The van der Waals surface area contributed by atoms with Crippen molar-refractivity contribution in [2.24, 2.45) is 10.9 Å². The van der Waals surface area contributed by atoms with Crippen molar-refractivity contribution in [2.45, 2.75) is 29.7 Å². The first-order chi connectivity index (χ1) is 18.4. The van der Waals surface area contributed by atoms with Gasteiger partial charge in [0.25, 0.3) is 0 Å². The molecule has 0 saturated carbocycles. The number of halogens is 2. The van der Waals surface area contributed by atoms with Crippen LogP contribution in [0.3, 0.4) is 0 Å². The number of aliphatic imine (C=N–C) groups is 1. The molecule has 2 aliphatic rings. The predicted molar refractivity (Wildman–Crippen MR) is 133 cm³/mol. The van der Waals surface area contributed by atoms with E-state index in [4.69, 9.17) is 9.15 Å². The van der Waals surface area contributed by atoms with Crippen molar-refractivity contribution in [3.8, 4) is 5.75 Å². The monoisotopic (exact) mass is 541 g/mol. The average Bonchev–Trinajstić information content (AvgIpc) is 3.61. The number of nitrogens with zero attached hydrogens (tertiary/aromatic N) is 2. The molecular weight excluding hydrogens is 520 g/mol. The number of ether oxygens (including phenoxy) is 2. The van der Waals surface area contributed by atoms with Crippen LogP contribution in [0, 0.1) is 5.92 Å². The van der Waals surface area contributed by atoms with Crippen LogP contribution < -0.4 is 10.1 Å². The van der Waals surface area contributed by atoms with Crippen molar-refractivity contribution < 1.29 is 32.3 Å². The van der Waals surface area contributed by atoms with Gasteiger partial charge in [-0.25, -0.2) is 9.78 Å². The van der Waals surface area contributed by atoms with E-state index < -0.39 is 24.4 Å². The highest BCUT2D eigenvalue weighted by Crippen LogP contribution is 2.46. The number of alkyl halides is 2. The number of piperidine rings is 1. The van der Waals surface area contributed by atoms with Gasteiger partial charge in [0.1, 0.15) is 11.5 Å². The summed E-state index contributed by atoms with van der Waals surface area (Å²) in [6, 6.07) is 8.02. The number of aromatic nitrogens is 3. The lowest BCUT2D eigenvalue weighted by molar-refractivity contribution is -0.121. The predicted octanol–water partition coefficient (Wildman–Crippen LogP) is 4.42. The molecule has 0 spiro atoms. The molecule has 1 fully saturated rings. The molecule has 0 radical (unpaired) electrons. The quantitative estimate of drug-likeness (QED) is 0.293. The molecule has 10 nitrogen and oxygen atoms in total. The Bertz CT molecular complexity index is 1580. The number of Topliss-reactive ketones (excluding diaryl/α,β-unsaturated/α-hetero) is 1. The molecule has 0 bridgehead atoms. The van der Waals surface area contributed by atoms with E-state index in [0.29, 0.717) is 50.5 Å². The number of aromatic amines is 2. The molecule has 0 amide bonds.